The van der Waals surface area contributed by atoms with Crippen LogP contribution in [0.15, 0.2) is 41.5 Å². The van der Waals surface area contributed by atoms with Crippen molar-refractivity contribution < 1.29 is 35.9 Å². The molecule has 1 unspecified atom stereocenters. The number of hydrogen-bond acceptors (Lipinski definition) is 4. The fourth-order valence-corrected chi connectivity index (χ4v) is 3.51. The summed E-state index contributed by atoms with van der Waals surface area (Å²) in [6.45, 7) is 0.347. The fourth-order valence-electron chi connectivity index (χ4n) is 3.27. The van der Waals surface area contributed by atoms with Crippen molar-refractivity contribution in [2.75, 3.05) is 6.54 Å². The first-order valence-electron chi connectivity index (χ1n) is 8.89. The molecule has 0 N–H and O–H groups in total. The number of halogens is 7. The number of carbonyl (C=O) groups excluding carboxylic acids is 1. The topological polar surface area (TPSA) is 51.5 Å². The molecule has 0 saturated heterocycles. The lowest BCUT2D eigenvalue weighted by Crippen LogP contribution is -2.44. The lowest BCUT2D eigenvalue weighted by molar-refractivity contribution is -0.184. The van der Waals surface area contributed by atoms with Crippen LogP contribution in [0.1, 0.15) is 35.7 Å². The molecular weight excluding hydrogens is 450 g/mol. The molecule has 4 nitrogen and oxygen atoms in total. The average Bonchev–Trinajstić information content (AvgIpc) is 3.13. The second-order valence-corrected chi connectivity index (χ2v) is 7.44. The molecule has 0 fully saturated rings. The number of pyridine rings is 1. The summed E-state index contributed by atoms with van der Waals surface area (Å²) in [5, 5.41) is 0.161. The molecule has 0 bridgehead atoms. The predicted octanol–water partition coefficient (Wildman–Crippen LogP) is 5.51. The van der Waals surface area contributed by atoms with Gasteiger partial charge in [-0.3, -0.25) is 14.8 Å². The Labute approximate surface area is 177 Å². The molecule has 0 amide bonds. The first-order valence-corrected chi connectivity index (χ1v) is 9.27. The Bertz CT molecular complexity index is 1040. The van der Waals surface area contributed by atoms with Crippen molar-refractivity contribution in [2.45, 2.75) is 37.7 Å². The van der Waals surface area contributed by atoms with E-state index in [4.69, 9.17) is 16.3 Å². The van der Waals surface area contributed by atoms with Gasteiger partial charge in [0.05, 0.1) is 6.54 Å². The minimum absolute atomic E-state index is 0.0589. The Hall–Kier alpha value is -2.62. The monoisotopic (exact) mass is 464 g/mol. The number of aromatic nitrogens is 1. The molecule has 0 saturated carbocycles. The quantitative estimate of drug-likeness (QED) is 0.443. The highest BCUT2D eigenvalue weighted by Gasteiger charge is 2.58. The summed E-state index contributed by atoms with van der Waals surface area (Å²) in [4.78, 5) is 18.1. The molecule has 2 heterocycles. The van der Waals surface area contributed by atoms with Crippen LogP contribution in [0.25, 0.3) is 0 Å². The SMILES string of the molecule is CC(=O)OCc1ccc(C2=NCC(c3ccnc(C(F)(F)F)c3)(C(F)(F)F)C2)cc1Cl. The molecule has 1 aliphatic heterocycles. The number of ether oxygens (including phenoxy) is 1. The molecule has 1 atom stereocenters. The van der Waals surface area contributed by atoms with Crippen LogP contribution in [0, 0.1) is 0 Å². The van der Waals surface area contributed by atoms with E-state index >= 15 is 0 Å². The molecule has 31 heavy (non-hydrogen) atoms. The Kier molecular flexibility index (Phi) is 6.05. The standard InChI is InChI=1S/C20H15ClF6N2O2/c1-11(30)31-9-13-3-2-12(6-15(13)21)16-8-18(10-29-16,20(25,26)27)14-4-5-28-17(7-14)19(22,23)24/h2-7H,8-10H2,1H3. The summed E-state index contributed by atoms with van der Waals surface area (Å²) in [6.07, 6.45) is -9.68. The number of alkyl halides is 6. The van der Waals surface area contributed by atoms with Crippen LogP contribution in [0.3, 0.4) is 0 Å². The molecule has 0 radical (unpaired) electrons. The Balaban J connectivity index is 1.93. The second-order valence-electron chi connectivity index (χ2n) is 7.03. The molecule has 11 heteroatoms. The van der Waals surface area contributed by atoms with Gasteiger partial charge in [0.2, 0.25) is 0 Å². The van der Waals surface area contributed by atoms with Crippen LogP contribution in [0.4, 0.5) is 26.3 Å². The van der Waals surface area contributed by atoms with Gasteiger partial charge in [-0.2, -0.15) is 26.3 Å². The highest BCUT2D eigenvalue weighted by atomic mass is 35.5. The summed E-state index contributed by atoms with van der Waals surface area (Å²) < 4.78 is 86.1. The third-order valence-electron chi connectivity index (χ3n) is 4.97. The van der Waals surface area contributed by atoms with Gasteiger partial charge in [-0.15, -0.1) is 0 Å². The van der Waals surface area contributed by atoms with E-state index in [2.05, 4.69) is 9.98 Å². The Morgan fingerprint density at radius 3 is 2.45 bits per heavy atom. The predicted molar refractivity (Wildman–Crippen MR) is 99.9 cm³/mol. The Morgan fingerprint density at radius 1 is 1.16 bits per heavy atom. The van der Waals surface area contributed by atoms with Crippen molar-refractivity contribution in [1.29, 1.82) is 0 Å². The zero-order chi connectivity index (χ0) is 23.0. The highest BCUT2D eigenvalue weighted by molar-refractivity contribution is 6.31. The molecule has 166 valence electrons. The van der Waals surface area contributed by atoms with Gasteiger partial charge in [0, 0.05) is 35.8 Å². The lowest BCUT2D eigenvalue weighted by Gasteiger charge is -2.31. The van der Waals surface area contributed by atoms with Gasteiger partial charge >= 0.3 is 18.3 Å². The van der Waals surface area contributed by atoms with E-state index < -0.39 is 48.0 Å². The van der Waals surface area contributed by atoms with Gasteiger partial charge in [0.15, 0.2) is 0 Å². The fraction of sp³-hybridized carbons (Fsp3) is 0.350. The maximum absolute atomic E-state index is 14.1. The second kappa shape index (κ2) is 8.14. The first kappa shape index (κ1) is 23.1. The minimum atomic E-state index is -4.88. The number of carbonyl (C=O) groups is 1. The summed E-state index contributed by atoms with van der Waals surface area (Å²) in [6, 6.07) is 5.70. The van der Waals surface area contributed by atoms with Crippen molar-refractivity contribution in [3.8, 4) is 0 Å². The minimum Gasteiger partial charge on any atom is -0.461 e. The van der Waals surface area contributed by atoms with Gasteiger partial charge in [-0.05, 0) is 29.3 Å². The van der Waals surface area contributed by atoms with Crippen LogP contribution in [-0.4, -0.2) is 29.4 Å². The van der Waals surface area contributed by atoms with Gasteiger partial charge in [-0.25, -0.2) is 0 Å². The van der Waals surface area contributed by atoms with Crippen molar-refractivity contribution in [3.05, 3.63) is 63.9 Å². The molecule has 0 aliphatic carbocycles. The summed E-state index contributed by atoms with van der Waals surface area (Å²) in [5.74, 6) is -0.522. The molecule has 3 rings (SSSR count). The molecule has 1 aromatic carbocycles. The molecule has 1 aliphatic rings. The molecule has 2 aromatic rings. The maximum atomic E-state index is 14.1. The van der Waals surface area contributed by atoms with E-state index in [0.717, 1.165) is 6.07 Å². The first-order chi connectivity index (χ1) is 14.3. The van der Waals surface area contributed by atoms with E-state index in [1.165, 1.54) is 25.1 Å². The molecular formula is C20H15ClF6N2O2. The van der Waals surface area contributed by atoms with Gasteiger partial charge in [0.1, 0.15) is 17.7 Å². The van der Waals surface area contributed by atoms with Crippen molar-refractivity contribution in [2.24, 2.45) is 4.99 Å². The number of benzene rings is 1. The van der Waals surface area contributed by atoms with E-state index in [-0.39, 0.29) is 17.3 Å². The van der Waals surface area contributed by atoms with Crippen molar-refractivity contribution in [1.82, 2.24) is 4.98 Å². The van der Waals surface area contributed by atoms with Crippen LogP contribution in [0.5, 0.6) is 0 Å². The number of aliphatic imine (C=N–C) groups is 1. The maximum Gasteiger partial charge on any atom is 0.433 e. The number of rotatable bonds is 4. The van der Waals surface area contributed by atoms with Crippen LogP contribution in [-0.2, 0) is 27.7 Å². The van der Waals surface area contributed by atoms with Crippen LogP contribution >= 0.6 is 11.6 Å². The average molecular weight is 465 g/mol. The van der Waals surface area contributed by atoms with E-state index in [1.807, 2.05) is 0 Å². The summed E-state index contributed by atoms with van der Waals surface area (Å²) in [7, 11) is 0. The smallest absolute Gasteiger partial charge is 0.433 e. The zero-order valence-corrected chi connectivity index (χ0v) is 16.7. The summed E-state index contributed by atoms with van der Waals surface area (Å²) >= 11 is 6.14. The van der Waals surface area contributed by atoms with Crippen LogP contribution in [0.2, 0.25) is 5.02 Å². The number of nitrogens with zero attached hydrogens (tertiary/aromatic N) is 2. The third kappa shape index (κ3) is 4.68. The van der Waals surface area contributed by atoms with Gasteiger partial charge in [-0.1, -0.05) is 23.7 Å². The Morgan fingerprint density at radius 2 is 1.87 bits per heavy atom. The van der Waals surface area contributed by atoms with Crippen LogP contribution < -0.4 is 0 Å². The van der Waals surface area contributed by atoms with Crippen molar-refractivity contribution >= 4 is 23.3 Å². The number of esters is 1. The molecule has 0 spiro atoms. The van der Waals surface area contributed by atoms with E-state index in [0.29, 0.717) is 23.4 Å². The number of hydrogen-bond donors (Lipinski definition) is 0. The normalized spacial score (nSPS) is 19.3. The highest BCUT2D eigenvalue weighted by Crippen LogP contribution is 2.48. The van der Waals surface area contributed by atoms with Gasteiger partial charge < -0.3 is 4.74 Å². The lowest BCUT2D eigenvalue weighted by atomic mass is 9.76. The molecule has 1 aromatic heterocycles. The third-order valence-corrected chi connectivity index (χ3v) is 5.32. The van der Waals surface area contributed by atoms with Gasteiger partial charge in [0.25, 0.3) is 0 Å². The summed E-state index contributed by atoms with van der Waals surface area (Å²) in [5.41, 5.74) is -3.77. The largest absolute Gasteiger partial charge is 0.461 e. The zero-order valence-electron chi connectivity index (χ0n) is 15.9. The van der Waals surface area contributed by atoms with Crippen molar-refractivity contribution in [3.63, 3.8) is 0 Å². The van der Waals surface area contributed by atoms with E-state index in [1.54, 1.807) is 0 Å². The van der Waals surface area contributed by atoms with E-state index in [9.17, 15) is 31.1 Å².